The summed E-state index contributed by atoms with van der Waals surface area (Å²) in [6, 6.07) is 0. The highest BCUT2D eigenvalue weighted by atomic mass is 16.4. The van der Waals surface area contributed by atoms with Crippen molar-refractivity contribution in [2.75, 3.05) is 0 Å². The lowest BCUT2D eigenvalue weighted by Crippen LogP contribution is -2.25. The number of carbonyl (C=O) groups excluding carboxylic acids is 1. The molecule has 0 aromatic heterocycles. The molecule has 0 aliphatic rings. The van der Waals surface area contributed by atoms with Gasteiger partial charge in [-0.15, -0.1) is 0 Å². The fourth-order valence-corrected chi connectivity index (χ4v) is 0.396. The summed E-state index contributed by atoms with van der Waals surface area (Å²) in [6.45, 7) is 1.58. The molecule has 4 nitrogen and oxygen atoms in total. The monoisotopic (exact) mass is 144 g/mol. The van der Waals surface area contributed by atoms with Gasteiger partial charge in [-0.25, -0.2) is 4.79 Å². The zero-order chi connectivity index (χ0) is 8.15. The predicted molar refractivity (Wildman–Crippen MR) is 33.5 cm³/mol. The van der Waals surface area contributed by atoms with E-state index in [9.17, 15) is 9.59 Å². The first-order valence-corrected chi connectivity index (χ1v) is 2.67. The van der Waals surface area contributed by atoms with E-state index in [0.29, 0.717) is 0 Å². The third kappa shape index (κ3) is 2.41. The molecule has 56 valence electrons. The van der Waals surface area contributed by atoms with E-state index in [1.165, 1.54) is 6.08 Å². The first kappa shape index (κ1) is 8.84. The molecule has 0 saturated carbocycles. The summed E-state index contributed by atoms with van der Waals surface area (Å²) in [6.07, 6.45) is 1.00. The van der Waals surface area contributed by atoms with Crippen LogP contribution < -0.4 is 0 Å². The lowest BCUT2D eigenvalue weighted by molar-refractivity contribution is -0.152. The molecule has 0 aliphatic carbocycles. The van der Waals surface area contributed by atoms with Crippen molar-refractivity contribution in [2.45, 2.75) is 13.0 Å². The molecule has 0 aromatic carbocycles. The van der Waals surface area contributed by atoms with Crippen LogP contribution in [-0.4, -0.2) is 28.1 Å². The number of hydrogen-bond acceptors (Lipinski definition) is 3. The third-order valence-corrected chi connectivity index (χ3v) is 0.854. The number of carboxylic acid groups (broad SMARTS) is 1. The van der Waals surface area contributed by atoms with Crippen LogP contribution >= 0.6 is 0 Å². The second-order valence-corrected chi connectivity index (χ2v) is 1.64. The van der Waals surface area contributed by atoms with Gasteiger partial charge in [-0.3, -0.25) is 4.79 Å². The molecule has 1 unspecified atom stereocenters. The number of carbonyl (C=O) groups is 2. The van der Waals surface area contributed by atoms with Crippen molar-refractivity contribution < 1.29 is 19.8 Å². The second-order valence-electron chi connectivity index (χ2n) is 1.64. The van der Waals surface area contributed by atoms with Gasteiger partial charge in [-0.2, -0.15) is 0 Å². The number of hydrogen-bond donors (Lipinski definition) is 2. The van der Waals surface area contributed by atoms with Crippen LogP contribution in [0.3, 0.4) is 0 Å². The molecular formula is C6H8O4. The molecule has 0 radical (unpaired) electrons. The molecule has 0 aliphatic heterocycles. The number of Topliss-reactive ketones (excluding diaryl/α,β-unsaturated/α-hetero) is 1. The summed E-state index contributed by atoms with van der Waals surface area (Å²) < 4.78 is 0. The SMILES string of the molecule is CC=CC(O)C(=O)C(=O)O. The van der Waals surface area contributed by atoms with E-state index in [1.54, 1.807) is 6.92 Å². The summed E-state index contributed by atoms with van der Waals surface area (Å²) in [5, 5.41) is 16.7. The molecule has 2 N–H and O–H groups in total. The van der Waals surface area contributed by atoms with Crippen LogP contribution in [-0.2, 0) is 9.59 Å². The molecule has 10 heavy (non-hydrogen) atoms. The Morgan fingerprint density at radius 3 is 2.30 bits per heavy atom. The summed E-state index contributed by atoms with van der Waals surface area (Å²) in [7, 11) is 0. The molecule has 0 bridgehead atoms. The lowest BCUT2D eigenvalue weighted by atomic mass is 10.2. The van der Waals surface area contributed by atoms with E-state index in [2.05, 4.69) is 0 Å². The fraction of sp³-hybridized carbons (Fsp3) is 0.333. The van der Waals surface area contributed by atoms with Crippen LogP contribution in [0.4, 0.5) is 0 Å². The van der Waals surface area contributed by atoms with Crippen molar-refractivity contribution in [2.24, 2.45) is 0 Å². The predicted octanol–water partition coefficient (Wildman–Crippen LogP) is -0.423. The van der Waals surface area contributed by atoms with Gasteiger partial charge in [0.15, 0.2) is 0 Å². The third-order valence-electron chi connectivity index (χ3n) is 0.854. The average molecular weight is 144 g/mol. The molecule has 0 heterocycles. The molecule has 0 spiro atoms. The minimum absolute atomic E-state index is 1.11. The topological polar surface area (TPSA) is 74.6 Å². The molecule has 0 rings (SSSR count). The highest BCUT2D eigenvalue weighted by Gasteiger charge is 2.18. The number of aliphatic carboxylic acids is 1. The van der Waals surface area contributed by atoms with Crippen molar-refractivity contribution in [1.82, 2.24) is 0 Å². The maximum atomic E-state index is 10.3. The highest BCUT2D eigenvalue weighted by Crippen LogP contribution is 1.88. The van der Waals surface area contributed by atoms with Gasteiger partial charge in [0.2, 0.25) is 0 Å². The number of ketones is 1. The first-order chi connectivity index (χ1) is 4.59. The van der Waals surface area contributed by atoms with Gasteiger partial charge in [0.25, 0.3) is 5.78 Å². The van der Waals surface area contributed by atoms with Crippen LogP contribution in [0.5, 0.6) is 0 Å². The van der Waals surface area contributed by atoms with Gasteiger partial charge in [0, 0.05) is 0 Å². The highest BCUT2D eigenvalue weighted by molar-refractivity contribution is 6.34. The number of carboxylic acids is 1. The molecule has 0 saturated heterocycles. The molecule has 0 aromatic rings. The van der Waals surface area contributed by atoms with E-state index in [4.69, 9.17) is 10.2 Å². The summed E-state index contributed by atoms with van der Waals surface area (Å²) in [5.74, 6) is -2.83. The van der Waals surface area contributed by atoms with E-state index >= 15 is 0 Å². The normalized spacial score (nSPS) is 13.4. The van der Waals surface area contributed by atoms with Gasteiger partial charge in [-0.1, -0.05) is 12.2 Å². The maximum Gasteiger partial charge on any atom is 0.375 e. The van der Waals surface area contributed by atoms with Crippen LogP contribution in [0.1, 0.15) is 6.92 Å². The molecule has 1 atom stereocenters. The Morgan fingerprint density at radius 2 is 2.00 bits per heavy atom. The van der Waals surface area contributed by atoms with Crippen molar-refractivity contribution in [3.8, 4) is 0 Å². The Bertz CT molecular complexity index is 171. The van der Waals surface area contributed by atoms with Crippen LogP contribution in [0, 0.1) is 0 Å². The summed E-state index contributed by atoms with van der Waals surface area (Å²) in [5.41, 5.74) is 0. The Hall–Kier alpha value is -1.16. The first-order valence-electron chi connectivity index (χ1n) is 2.67. The Kier molecular flexibility index (Phi) is 3.35. The Labute approximate surface area is 57.8 Å². The molecular weight excluding hydrogens is 136 g/mol. The van der Waals surface area contributed by atoms with Crippen molar-refractivity contribution >= 4 is 11.8 Å². The van der Waals surface area contributed by atoms with Crippen molar-refractivity contribution in [1.29, 1.82) is 0 Å². The largest absolute Gasteiger partial charge is 0.475 e. The minimum atomic E-state index is -1.62. The number of aliphatic hydroxyl groups excluding tert-OH is 1. The Balaban J connectivity index is 4.08. The molecule has 0 fully saturated rings. The lowest BCUT2D eigenvalue weighted by Gasteiger charge is -1.96. The van der Waals surface area contributed by atoms with E-state index < -0.39 is 17.9 Å². The van der Waals surface area contributed by atoms with Gasteiger partial charge >= 0.3 is 5.97 Å². The minimum Gasteiger partial charge on any atom is -0.475 e. The molecule has 0 amide bonds. The second kappa shape index (κ2) is 3.79. The maximum absolute atomic E-state index is 10.3. The van der Waals surface area contributed by atoms with Crippen LogP contribution in [0.25, 0.3) is 0 Å². The number of rotatable bonds is 3. The fourth-order valence-electron chi connectivity index (χ4n) is 0.396. The van der Waals surface area contributed by atoms with Gasteiger partial charge in [-0.05, 0) is 6.92 Å². The summed E-state index contributed by atoms with van der Waals surface area (Å²) in [4.78, 5) is 20.2. The van der Waals surface area contributed by atoms with Gasteiger partial charge in [0.05, 0.1) is 0 Å². The zero-order valence-corrected chi connectivity index (χ0v) is 5.44. The number of allylic oxidation sites excluding steroid dienone is 1. The van der Waals surface area contributed by atoms with Gasteiger partial charge < -0.3 is 10.2 Å². The average Bonchev–Trinajstić information content (AvgIpc) is 1.87. The van der Waals surface area contributed by atoms with E-state index in [0.717, 1.165) is 6.08 Å². The quantitative estimate of drug-likeness (QED) is 0.416. The zero-order valence-electron chi connectivity index (χ0n) is 5.44. The van der Waals surface area contributed by atoms with Gasteiger partial charge in [0.1, 0.15) is 6.10 Å². The molecule has 4 heteroatoms. The number of aliphatic hydroxyl groups is 1. The Morgan fingerprint density at radius 1 is 1.50 bits per heavy atom. The van der Waals surface area contributed by atoms with Crippen molar-refractivity contribution in [3.05, 3.63) is 12.2 Å². The standard InChI is InChI=1S/C6H8O4/c1-2-3-4(7)5(8)6(9)10/h2-4,7H,1H3,(H,9,10). The summed E-state index contributed by atoms with van der Waals surface area (Å²) >= 11 is 0. The van der Waals surface area contributed by atoms with Crippen LogP contribution in [0.2, 0.25) is 0 Å². The van der Waals surface area contributed by atoms with Crippen LogP contribution in [0.15, 0.2) is 12.2 Å². The van der Waals surface area contributed by atoms with E-state index in [-0.39, 0.29) is 0 Å². The van der Waals surface area contributed by atoms with E-state index in [1.807, 2.05) is 0 Å². The van der Waals surface area contributed by atoms with Crippen molar-refractivity contribution in [3.63, 3.8) is 0 Å². The smallest absolute Gasteiger partial charge is 0.375 e.